The molecule has 4 rings (SSSR count). The van der Waals surface area contributed by atoms with E-state index in [1.807, 2.05) is 59.2 Å². The van der Waals surface area contributed by atoms with Gasteiger partial charge in [0.05, 0.1) is 11.0 Å². The lowest BCUT2D eigenvalue weighted by atomic mass is 10.2. The number of rotatable bonds is 7. The third kappa shape index (κ3) is 4.78. The van der Waals surface area contributed by atoms with E-state index in [0.29, 0.717) is 17.1 Å². The smallest absolute Gasteiger partial charge is 0.253 e. The van der Waals surface area contributed by atoms with E-state index >= 15 is 0 Å². The van der Waals surface area contributed by atoms with Crippen LogP contribution in [0.2, 0.25) is 0 Å². The van der Waals surface area contributed by atoms with Crippen LogP contribution in [-0.2, 0) is 17.9 Å². The molecule has 0 atom stereocenters. The molecule has 1 heterocycles. The van der Waals surface area contributed by atoms with Gasteiger partial charge in [-0.25, -0.2) is 4.98 Å². The molecule has 0 bridgehead atoms. The van der Waals surface area contributed by atoms with Gasteiger partial charge in [-0.2, -0.15) is 0 Å². The van der Waals surface area contributed by atoms with Crippen LogP contribution in [0, 0.1) is 0 Å². The first-order valence-corrected chi connectivity index (χ1v) is 10.2. The molecule has 1 aromatic heterocycles. The second-order valence-corrected chi connectivity index (χ2v) is 7.53. The van der Waals surface area contributed by atoms with Gasteiger partial charge in [-0.05, 0) is 42.5 Å². The predicted molar refractivity (Wildman–Crippen MR) is 124 cm³/mol. The average Bonchev–Trinajstić information content (AvgIpc) is 3.15. The molecule has 4 aromatic rings. The van der Waals surface area contributed by atoms with E-state index in [1.165, 1.54) is 4.90 Å². The summed E-state index contributed by atoms with van der Waals surface area (Å²) in [6.07, 6.45) is 0. The lowest BCUT2D eigenvalue weighted by Gasteiger charge is -2.13. The number of benzene rings is 3. The second kappa shape index (κ2) is 9.34. The molecular formula is C25H24N4O3. The Balaban J connectivity index is 1.53. The molecule has 2 amide bonds. The molecule has 32 heavy (non-hydrogen) atoms. The van der Waals surface area contributed by atoms with Gasteiger partial charge in [-0.1, -0.05) is 36.4 Å². The monoisotopic (exact) mass is 428 g/mol. The summed E-state index contributed by atoms with van der Waals surface area (Å²) in [4.78, 5) is 31.2. The molecule has 0 spiro atoms. The van der Waals surface area contributed by atoms with Gasteiger partial charge in [0.25, 0.3) is 5.91 Å². The first-order chi connectivity index (χ1) is 15.5. The summed E-state index contributed by atoms with van der Waals surface area (Å²) >= 11 is 0. The standard InChI is InChI=1S/C25H24N4O3/c1-28(2)25(31)18-9-8-10-19(15-18)26-24(30)16-29-22-14-7-6-13-21(22)27-23(29)17-32-20-11-4-3-5-12-20/h3-15H,16-17H2,1-2H3,(H,26,30). The number of para-hydroxylation sites is 3. The van der Waals surface area contributed by atoms with E-state index in [2.05, 4.69) is 10.3 Å². The van der Waals surface area contributed by atoms with Crippen LogP contribution >= 0.6 is 0 Å². The molecule has 0 aliphatic carbocycles. The number of amides is 2. The van der Waals surface area contributed by atoms with Crippen molar-refractivity contribution in [3.63, 3.8) is 0 Å². The van der Waals surface area contributed by atoms with Gasteiger partial charge >= 0.3 is 0 Å². The fourth-order valence-corrected chi connectivity index (χ4v) is 3.41. The zero-order valence-electron chi connectivity index (χ0n) is 18.0. The Kier molecular flexibility index (Phi) is 6.17. The summed E-state index contributed by atoms with van der Waals surface area (Å²) in [5.74, 6) is 1.05. The van der Waals surface area contributed by atoms with Crippen LogP contribution in [-0.4, -0.2) is 40.4 Å². The molecule has 0 aliphatic heterocycles. The molecule has 0 unspecified atom stereocenters. The van der Waals surface area contributed by atoms with E-state index in [4.69, 9.17) is 4.74 Å². The maximum absolute atomic E-state index is 12.9. The SMILES string of the molecule is CN(C)C(=O)c1cccc(NC(=O)Cn2c(COc3ccccc3)nc3ccccc32)c1. The lowest BCUT2D eigenvalue weighted by Crippen LogP contribution is -2.23. The summed E-state index contributed by atoms with van der Waals surface area (Å²) < 4.78 is 7.72. The Morgan fingerprint density at radius 3 is 2.50 bits per heavy atom. The lowest BCUT2D eigenvalue weighted by molar-refractivity contribution is -0.116. The first-order valence-electron chi connectivity index (χ1n) is 10.2. The van der Waals surface area contributed by atoms with E-state index in [-0.39, 0.29) is 25.0 Å². The molecule has 1 N–H and O–H groups in total. The number of carbonyl (C=O) groups is 2. The quantitative estimate of drug-likeness (QED) is 0.484. The molecule has 7 heteroatoms. The number of hydrogen-bond acceptors (Lipinski definition) is 4. The fourth-order valence-electron chi connectivity index (χ4n) is 3.41. The minimum absolute atomic E-state index is 0.0693. The summed E-state index contributed by atoms with van der Waals surface area (Å²) in [6, 6.07) is 24.0. The minimum atomic E-state index is -0.219. The van der Waals surface area contributed by atoms with Crippen molar-refractivity contribution in [2.45, 2.75) is 13.2 Å². The molecule has 0 radical (unpaired) electrons. The van der Waals surface area contributed by atoms with Gasteiger partial charge in [0, 0.05) is 25.3 Å². The topological polar surface area (TPSA) is 76.5 Å². The highest BCUT2D eigenvalue weighted by Crippen LogP contribution is 2.19. The number of ether oxygens (including phenoxy) is 1. The van der Waals surface area contributed by atoms with Crippen molar-refractivity contribution in [1.29, 1.82) is 0 Å². The van der Waals surface area contributed by atoms with E-state index in [0.717, 1.165) is 16.8 Å². The Labute approximate surface area is 186 Å². The average molecular weight is 428 g/mol. The number of anilines is 1. The van der Waals surface area contributed by atoms with E-state index < -0.39 is 0 Å². The molecule has 0 saturated heterocycles. The van der Waals surface area contributed by atoms with Crippen LogP contribution in [0.1, 0.15) is 16.2 Å². The van der Waals surface area contributed by atoms with Crippen molar-refractivity contribution in [1.82, 2.24) is 14.5 Å². The predicted octanol–water partition coefficient (Wildman–Crippen LogP) is 3.96. The van der Waals surface area contributed by atoms with Crippen molar-refractivity contribution < 1.29 is 14.3 Å². The fraction of sp³-hybridized carbons (Fsp3) is 0.160. The summed E-state index contributed by atoms with van der Waals surface area (Å²) in [5.41, 5.74) is 2.73. The number of nitrogens with zero attached hydrogens (tertiary/aromatic N) is 3. The number of aromatic nitrogens is 2. The highest BCUT2D eigenvalue weighted by molar-refractivity contribution is 5.97. The summed E-state index contributed by atoms with van der Waals surface area (Å²) in [7, 11) is 3.38. The van der Waals surface area contributed by atoms with Crippen LogP contribution in [0.15, 0.2) is 78.9 Å². The Morgan fingerprint density at radius 2 is 1.72 bits per heavy atom. The first kappa shape index (κ1) is 21.1. The molecule has 3 aromatic carbocycles. The Hall–Kier alpha value is -4.13. The molecule has 7 nitrogen and oxygen atoms in total. The largest absolute Gasteiger partial charge is 0.486 e. The van der Waals surface area contributed by atoms with Crippen molar-refractivity contribution in [2.24, 2.45) is 0 Å². The Morgan fingerprint density at radius 1 is 0.969 bits per heavy atom. The van der Waals surface area contributed by atoms with Gasteiger partial charge in [0.15, 0.2) is 0 Å². The van der Waals surface area contributed by atoms with Gasteiger partial charge in [-0.3, -0.25) is 9.59 Å². The maximum atomic E-state index is 12.9. The zero-order valence-corrected chi connectivity index (χ0v) is 18.0. The highest BCUT2D eigenvalue weighted by atomic mass is 16.5. The summed E-state index contributed by atoms with van der Waals surface area (Å²) in [5, 5.41) is 2.88. The van der Waals surface area contributed by atoms with Gasteiger partial charge < -0.3 is 19.5 Å². The maximum Gasteiger partial charge on any atom is 0.253 e. The van der Waals surface area contributed by atoms with Gasteiger partial charge in [0.2, 0.25) is 5.91 Å². The third-order valence-electron chi connectivity index (χ3n) is 4.95. The van der Waals surface area contributed by atoms with Crippen LogP contribution in [0.3, 0.4) is 0 Å². The number of hydrogen-bond donors (Lipinski definition) is 1. The van der Waals surface area contributed by atoms with E-state index in [1.54, 1.807) is 38.4 Å². The van der Waals surface area contributed by atoms with Crippen LogP contribution < -0.4 is 10.1 Å². The molecule has 0 aliphatic rings. The van der Waals surface area contributed by atoms with E-state index in [9.17, 15) is 9.59 Å². The number of imidazole rings is 1. The number of fused-ring (bicyclic) bond motifs is 1. The second-order valence-electron chi connectivity index (χ2n) is 7.53. The normalized spacial score (nSPS) is 10.7. The Bertz CT molecular complexity index is 1250. The zero-order chi connectivity index (χ0) is 22.5. The van der Waals surface area contributed by atoms with Crippen LogP contribution in [0.4, 0.5) is 5.69 Å². The molecular weight excluding hydrogens is 404 g/mol. The van der Waals surface area contributed by atoms with Crippen molar-refractivity contribution in [2.75, 3.05) is 19.4 Å². The third-order valence-corrected chi connectivity index (χ3v) is 4.95. The minimum Gasteiger partial charge on any atom is -0.486 e. The molecule has 0 fully saturated rings. The van der Waals surface area contributed by atoms with Gasteiger partial charge in [0.1, 0.15) is 24.7 Å². The van der Waals surface area contributed by atoms with Crippen molar-refractivity contribution in [3.05, 3.63) is 90.3 Å². The number of nitrogens with one attached hydrogen (secondary N) is 1. The molecule has 162 valence electrons. The van der Waals surface area contributed by atoms with Crippen molar-refractivity contribution >= 4 is 28.5 Å². The van der Waals surface area contributed by atoms with Crippen LogP contribution in [0.25, 0.3) is 11.0 Å². The molecule has 0 saturated carbocycles. The summed E-state index contributed by atoms with van der Waals surface area (Å²) in [6.45, 7) is 0.304. The van der Waals surface area contributed by atoms with Gasteiger partial charge in [-0.15, -0.1) is 0 Å². The van der Waals surface area contributed by atoms with Crippen molar-refractivity contribution in [3.8, 4) is 5.75 Å². The highest BCUT2D eigenvalue weighted by Gasteiger charge is 2.15. The number of carbonyl (C=O) groups excluding carboxylic acids is 2. The van der Waals surface area contributed by atoms with Crippen LogP contribution in [0.5, 0.6) is 5.75 Å².